The molecule has 182 valence electrons. The van der Waals surface area contributed by atoms with E-state index in [2.05, 4.69) is 25.6 Å². The second kappa shape index (κ2) is 9.70. The van der Waals surface area contributed by atoms with E-state index < -0.39 is 24.2 Å². The Hall–Kier alpha value is -3.38. The van der Waals surface area contributed by atoms with Gasteiger partial charge in [0.05, 0.1) is 28.6 Å². The zero-order chi connectivity index (χ0) is 24.5. The van der Waals surface area contributed by atoms with Crippen LogP contribution in [0.15, 0.2) is 48.9 Å². The number of aliphatic hydroxyl groups is 3. The van der Waals surface area contributed by atoms with Crippen molar-refractivity contribution in [3.05, 3.63) is 48.9 Å². The van der Waals surface area contributed by atoms with Crippen LogP contribution in [-0.4, -0.2) is 74.2 Å². The SMILES string of the molecule is CN(C)c1cccc(Nc2ncc(-c3nc4cnccc4s3)c(N[C@@H]3C[C@H](CO)[C@@H](O)[C@H]3O)n2)c1. The molecular weight excluding hydrogens is 466 g/mol. The molecule has 1 aromatic carbocycles. The lowest BCUT2D eigenvalue weighted by molar-refractivity contribution is 0.00446. The van der Waals surface area contributed by atoms with Gasteiger partial charge in [-0.25, -0.2) is 9.97 Å². The van der Waals surface area contributed by atoms with Gasteiger partial charge in [-0.1, -0.05) is 6.07 Å². The Morgan fingerprint density at radius 1 is 1.11 bits per heavy atom. The molecule has 3 heterocycles. The normalized spacial score (nSPS) is 21.9. The molecule has 1 aliphatic rings. The van der Waals surface area contributed by atoms with Crippen LogP contribution in [0.4, 0.5) is 23.1 Å². The molecule has 0 aliphatic heterocycles. The van der Waals surface area contributed by atoms with Crippen LogP contribution in [0.1, 0.15) is 6.42 Å². The Kier molecular flexibility index (Phi) is 6.48. The summed E-state index contributed by atoms with van der Waals surface area (Å²) in [5, 5.41) is 37.7. The Morgan fingerprint density at radius 2 is 1.97 bits per heavy atom. The van der Waals surface area contributed by atoms with Crippen LogP contribution < -0.4 is 15.5 Å². The van der Waals surface area contributed by atoms with E-state index in [0.717, 1.165) is 21.6 Å². The number of benzene rings is 1. The van der Waals surface area contributed by atoms with Crippen LogP contribution in [-0.2, 0) is 0 Å². The van der Waals surface area contributed by atoms with Crippen molar-refractivity contribution in [3.8, 4) is 10.6 Å². The lowest BCUT2D eigenvalue weighted by atomic mass is 10.1. The molecule has 5 rings (SSSR count). The van der Waals surface area contributed by atoms with Crippen LogP contribution in [0.5, 0.6) is 0 Å². The average molecular weight is 494 g/mol. The molecule has 10 nitrogen and oxygen atoms in total. The summed E-state index contributed by atoms with van der Waals surface area (Å²) >= 11 is 1.49. The van der Waals surface area contributed by atoms with Crippen molar-refractivity contribution in [2.24, 2.45) is 5.92 Å². The molecule has 0 spiro atoms. The van der Waals surface area contributed by atoms with E-state index in [0.29, 0.717) is 28.8 Å². The average Bonchev–Trinajstić information content (AvgIpc) is 3.41. The molecule has 3 aromatic heterocycles. The summed E-state index contributed by atoms with van der Waals surface area (Å²) in [7, 11) is 3.95. The van der Waals surface area contributed by atoms with Crippen molar-refractivity contribution in [2.75, 3.05) is 36.2 Å². The molecule has 0 bridgehead atoms. The smallest absolute Gasteiger partial charge is 0.229 e. The fourth-order valence-corrected chi connectivity index (χ4v) is 5.16. The minimum absolute atomic E-state index is 0.201. The molecule has 1 fully saturated rings. The van der Waals surface area contributed by atoms with Crippen LogP contribution in [0.25, 0.3) is 20.8 Å². The summed E-state index contributed by atoms with van der Waals surface area (Å²) in [6.07, 6.45) is 3.48. The van der Waals surface area contributed by atoms with Crippen molar-refractivity contribution in [2.45, 2.75) is 24.7 Å². The Bertz CT molecular complexity index is 1300. The number of pyridine rings is 1. The summed E-state index contributed by atoms with van der Waals surface area (Å²) in [6, 6.07) is 9.30. The van der Waals surface area contributed by atoms with Crippen LogP contribution in [0, 0.1) is 5.92 Å². The zero-order valence-corrected chi connectivity index (χ0v) is 20.1. The van der Waals surface area contributed by atoms with E-state index in [-0.39, 0.29) is 6.61 Å². The van der Waals surface area contributed by atoms with Gasteiger partial charge in [0.15, 0.2) is 0 Å². The first-order valence-corrected chi connectivity index (χ1v) is 12.1. The number of aromatic nitrogens is 4. The number of anilines is 4. The van der Waals surface area contributed by atoms with Crippen molar-refractivity contribution >= 4 is 44.7 Å². The minimum atomic E-state index is -1.04. The molecule has 4 aromatic rings. The molecule has 0 radical (unpaired) electrons. The van der Waals surface area contributed by atoms with Gasteiger partial charge in [-0.05, 0) is 30.7 Å². The molecular formula is C24H27N7O3S. The number of nitrogens with one attached hydrogen (secondary N) is 2. The first kappa shape index (κ1) is 23.4. The van der Waals surface area contributed by atoms with Crippen molar-refractivity contribution < 1.29 is 15.3 Å². The van der Waals surface area contributed by atoms with Gasteiger partial charge in [-0.15, -0.1) is 11.3 Å². The number of nitrogens with zero attached hydrogens (tertiary/aromatic N) is 5. The van der Waals surface area contributed by atoms with E-state index in [1.807, 2.05) is 49.3 Å². The second-order valence-corrected chi connectivity index (χ2v) is 9.83. The van der Waals surface area contributed by atoms with Gasteiger partial charge in [0.1, 0.15) is 22.4 Å². The van der Waals surface area contributed by atoms with Gasteiger partial charge >= 0.3 is 0 Å². The van der Waals surface area contributed by atoms with Crippen LogP contribution >= 0.6 is 11.3 Å². The first-order valence-electron chi connectivity index (χ1n) is 11.3. The maximum atomic E-state index is 10.6. The standard InChI is InChI=1S/C24H27N7O3S/c1-31(2)15-5-3-4-14(9-15)27-24-26-10-16(23-29-18-11-25-7-6-19(18)35-23)22(30-24)28-17-8-13(12-32)20(33)21(17)34/h3-7,9-11,13,17,20-21,32-34H,8,12H2,1-2H3,(H2,26,27,28,30)/t13-,17-,20-,21+/m1/s1. The number of thiazole rings is 1. The zero-order valence-electron chi connectivity index (χ0n) is 19.3. The quantitative estimate of drug-likeness (QED) is 0.261. The fraction of sp³-hybridized carbons (Fsp3) is 0.333. The predicted octanol–water partition coefficient (Wildman–Crippen LogP) is 2.47. The fourth-order valence-electron chi connectivity index (χ4n) is 4.22. The minimum Gasteiger partial charge on any atom is -0.396 e. The Labute approximate surface area is 206 Å². The molecule has 11 heteroatoms. The maximum absolute atomic E-state index is 10.6. The number of hydrogen-bond acceptors (Lipinski definition) is 11. The van der Waals surface area contributed by atoms with E-state index in [4.69, 9.17) is 4.98 Å². The van der Waals surface area contributed by atoms with Gasteiger partial charge in [0.2, 0.25) is 5.95 Å². The van der Waals surface area contributed by atoms with Crippen molar-refractivity contribution in [1.82, 2.24) is 19.9 Å². The Balaban J connectivity index is 1.51. The summed E-state index contributed by atoms with van der Waals surface area (Å²) in [6.45, 7) is -0.201. The number of aliphatic hydroxyl groups excluding tert-OH is 3. The van der Waals surface area contributed by atoms with Crippen molar-refractivity contribution in [1.29, 1.82) is 0 Å². The van der Waals surface area contributed by atoms with Gasteiger partial charge in [0, 0.05) is 50.4 Å². The number of fused-ring (bicyclic) bond motifs is 1. The molecule has 1 saturated carbocycles. The molecule has 0 unspecified atom stereocenters. The van der Waals surface area contributed by atoms with E-state index in [1.54, 1.807) is 18.6 Å². The van der Waals surface area contributed by atoms with E-state index in [1.165, 1.54) is 11.3 Å². The third-order valence-electron chi connectivity index (χ3n) is 6.19. The number of hydrogen-bond donors (Lipinski definition) is 5. The molecule has 0 amide bonds. The first-order chi connectivity index (χ1) is 16.9. The van der Waals surface area contributed by atoms with Gasteiger partial charge < -0.3 is 30.9 Å². The molecule has 0 saturated heterocycles. The summed E-state index contributed by atoms with van der Waals surface area (Å²) in [4.78, 5) is 20.1. The molecule has 5 N–H and O–H groups in total. The molecule has 1 aliphatic carbocycles. The lowest BCUT2D eigenvalue weighted by Gasteiger charge is -2.20. The molecule has 4 atom stereocenters. The summed E-state index contributed by atoms with van der Waals surface area (Å²) in [5.74, 6) is 0.447. The summed E-state index contributed by atoms with van der Waals surface area (Å²) in [5.41, 5.74) is 3.31. The second-order valence-electron chi connectivity index (χ2n) is 8.80. The topological polar surface area (TPSA) is 140 Å². The van der Waals surface area contributed by atoms with Crippen LogP contribution in [0.2, 0.25) is 0 Å². The van der Waals surface area contributed by atoms with E-state index >= 15 is 0 Å². The van der Waals surface area contributed by atoms with Gasteiger partial charge in [-0.2, -0.15) is 4.98 Å². The highest BCUT2D eigenvalue weighted by atomic mass is 32.1. The third-order valence-corrected chi connectivity index (χ3v) is 7.26. The highest BCUT2D eigenvalue weighted by Crippen LogP contribution is 2.36. The lowest BCUT2D eigenvalue weighted by Crippen LogP contribution is -2.35. The third kappa shape index (κ3) is 4.76. The predicted molar refractivity (Wildman–Crippen MR) is 137 cm³/mol. The van der Waals surface area contributed by atoms with Crippen molar-refractivity contribution in [3.63, 3.8) is 0 Å². The molecule has 35 heavy (non-hydrogen) atoms. The number of rotatable bonds is 7. The largest absolute Gasteiger partial charge is 0.396 e. The van der Waals surface area contributed by atoms with Gasteiger partial charge in [0.25, 0.3) is 0 Å². The summed E-state index contributed by atoms with van der Waals surface area (Å²) < 4.78 is 0.986. The highest BCUT2D eigenvalue weighted by molar-refractivity contribution is 7.21. The van der Waals surface area contributed by atoms with Gasteiger partial charge in [-0.3, -0.25) is 4.98 Å². The Morgan fingerprint density at radius 3 is 2.71 bits per heavy atom. The maximum Gasteiger partial charge on any atom is 0.229 e. The van der Waals surface area contributed by atoms with E-state index in [9.17, 15) is 15.3 Å². The van der Waals surface area contributed by atoms with Crippen LogP contribution in [0.3, 0.4) is 0 Å². The monoisotopic (exact) mass is 493 g/mol. The highest BCUT2D eigenvalue weighted by Gasteiger charge is 2.41.